The van der Waals surface area contributed by atoms with Crippen LogP contribution in [0.3, 0.4) is 0 Å². The minimum Gasteiger partial charge on any atom is -0.516 e. The van der Waals surface area contributed by atoms with Crippen LogP contribution in [-0.4, -0.2) is 5.11 Å². The summed E-state index contributed by atoms with van der Waals surface area (Å²) in [4.78, 5) is 0. The van der Waals surface area contributed by atoms with Crippen LogP contribution in [0.15, 0.2) is 36.6 Å². The molecule has 0 saturated carbocycles. The lowest BCUT2D eigenvalue weighted by Gasteiger charge is -1.67. The molecule has 0 rings (SSSR count). The highest BCUT2D eigenvalue weighted by molar-refractivity contribution is 5.14. The Kier molecular flexibility index (Phi) is 5.43. The summed E-state index contributed by atoms with van der Waals surface area (Å²) in [5, 5.41) is 16.1. The fourth-order valence-electron chi connectivity index (χ4n) is 0.277. The Morgan fingerprint density at radius 3 is 2.33 bits per heavy atom. The number of hydrogen-bond donors (Lipinski definition) is 1. The Bertz CT molecular complexity index is 172. The van der Waals surface area contributed by atoms with E-state index in [2.05, 4.69) is 0 Å². The molecule has 2 nitrogen and oxygen atoms in total. The molecular formula is C7H7NO. The van der Waals surface area contributed by atoms with Gasteiger partial charge in [0.1, 0.15) is 0 Å². The smallest absolute Gasteiger partial charge is 0.0912 e. The van der Waals surface area contributed by atoms with Crippen molar-refractivity contribution in [1.29, 1.82) is 5.26 Å². The average molecular weight is 121 g/mol. The number of allylic oxidation sites excluding steroid dienone is 5. The molecule has 0 unspecified atom stereocenters. The van der Waals surface area contributed by atoms with Gasteiger partial charge in [-0.1, -0.05) is 18.2 Å². The summed E-state index contributed by atoms with van der Waals surface area (Å²) < 4.78 is 0. The van der Waals surface area contributed by atoms with Crippen molar-refractivity contribution in [3.05, 3.63) is 36.6 Å². The highest BCUT2D eigenvalue weighted by atomic mass is 16.2. The SMILES string of the molecule is N#CC=CC=CC=CO. The molecule has 0 fully saturated rings. The van der Waals surface area contributed by atoms with Gasteiger partial charge in [-0.25, -0.2) is 0 Å². The normalized spacial score (nSPS) is 11.4. The first-order valence-corrected chi connectivity index (χ1v) is 2.44. The standard InChI is InChI=1S/C7H7NO/c8-6-4-2-1-3-5-7-9/h1-5,7,9H. The van der Waals surface area contributed by atoms with Crippen LogP contribution in [-0.2, 0) is 0 Å². The number of nitrogens with zero attached hydrogens (tertiary/aromatic N) is 1. The van der Waals surface area contributed by atoms with Crippen molar-refractivity contribution in [3.63, 3.8) is 0 Å². The Balaban J connectivity index is 3.50. The first kappa shape index (κ1) is 7.51. The molecule has 9 heavy (non-hydrogen) atoms. The van der Waals surface area contributed by atoms with Gasteiger partial charge < -0.3 is 5.11 Å². The molecule has 0 radical (unpaired) electrons. The molecule has 0 aliphatic heterocycles. The monoisotopic (exact) mass is 121 g/mol. The minimum absolute atomic E-state index is 0.927. The quantitative estimate of drug-likeness (QED) is 0.343. The van der Waals surface area contributed by atoms with Gasteiger partial charge in [0, 0.05) is 6.08 Å². The molecule has 0 amide bonds. The minimum atomic E-state index is 0.927. The molecule has 0 atom stereocenters. The van der Waals surface area contributed by atoms with E-state index in [-0.39, 0.29) is 0 Å². The van der Waals surface area contributed by atoms with Crippen LogP contribution in [0.1, 0.15) is 0 Å². The molecule has 0 heterocycles. The molecule has 0 aliphatic rings. The lowest BCUT2D eigenvalue weighted by molar-refractivity contribution is 0.474. The van der Waals surface area contributed by atoms with Crippen molar-refractivity contribution < 1.29 is 5.11 Å². The van der Waals surface area contributed by atoms with Gasteiger partial charge in [0.15, 0.2) is 0 Å². The summed E-state index contributed by atoms with van der Waals surface area (Å²) in [6, 6.07) is 1.83. The number of aliphatic hydroxyl groups excluding tert-OH is 1. The van der Waals surface area contributed by atoms with Crippen molar-refractivity contribution in [2.45, 2.75) is 0 Å². The highest BCUT2D eigenvalue weighted by Gasteiger charge is 1.59. The molecule has 0 aliphatic carbocycles. The van der Waals surface area contributed by atoms with E-state index in [0.29, 0.717) is 0 Å². The maximum absolute atomic E-state index is 8.10. The van der Waals surface area contributed by atoms with E-state index in [9.17, 15) is 0 Å². The highest BCUT2D eigenvalue weighted by Crippen LogP contribution is 1.76. The zero-order valence-corrected chi connectivity index (χ0v) is 4.86. The van der Waals surface area contributed by atoms with E-state index in [4.69, 9.17) is 10.4 Å². The lowest BCUT2D eigenvalue weighted by Crippen LogP contribution is -1.50. The third-order valence-electron chi connectivity index (χ3n) is 0.590. The molecule has 1 N–H and O–H groups in total. The average Bonchev–Trinajstić information content (AvgIpc) is 1.89. The predicted octanol–water partition coefficient (Wildman–Crippen LogP) is 1.69. The molecule has 0 bridgehead atoms. The topological polar surface area (TPSA) is 44.0 Å². The molecule has 0 aromatic carbocycles. The van der Waals surface area contributed by atoms with Crippen LogP contribution < -0.4 is 0 Å². The summed E-state index contributed by atoms with van der Waals surface area (Å²) in [6.07, 6.45) is 8.59. The fraction of sp³-hybridized carbons (Fsp3) is 0. The molecular weight excluding hydrogens is 114 g/mol. The van der Waals surface area contributed by atoms with Crippen LogP contribution in [0.25, 0.3) is 0 Å². The van der Waals surface area contributed by atoms with Gasteiger partial charge in [0.2, 0.25) is 0 Å². The second-order valence-corrected chi connectivity index (χ2v) is 1.21. The van der Waals surface area contributed by atoms with Gasteiger partial charge in [-0.2, -0.15) is 5.26 Å². The van der Waals surface area contributed by atoms with Gasteiger partial charge >= 0.3 is 0 Å². The van der Waals surface area contributed by atoms with Crippen molar-refractivity contribution in [1.82, 2.24) is 0 Å². The molecule has 0 saturated heterocycles. The Morgan fingerprint density at radius 1 is 1.11 bits per heavy atom. The Hall–Kier alpha value is -1.49. The predicted molar refractivity (Wildman–Crippen MR) is 35.7 cm³/mol. The summed E-state index contributed by atoms with van der Waals surface area (Å²) in [5.41, 5.74) is 0. The first-order chi connectivity index (χ1) is 4.41. The number of rotatable bonds is 2. The van der Waals surface area contributed by atoms with Gasteiger partial charge in [0.25, 0.3) is 0 Å². The largest absolute Gasteiger partial charge is 0.516 e. The van der Waals surface area contributed by atoms with Crippen molar-refractivity contribution in [2.75, 3.05) is 0 Å². The third kappa shape index (κ3) is 6.51. The Morgan fingerprint density at radius 2 is 1.78 bits per heavy atom. The first-order valence-electron chi connectivity index (χ1n) is 2.44. The van der Waals surface area contributed by atoms with E-state index < -0.39 is 0 Å². The molecule has 0 aromatic rings. The van der Waals surface area contributed by atoms with Gasteiger partial charge in [-0.05, 0) is 6.08 Å². The molecule has 0 aromatic heterocycles. The molecule has 2 heteroatoms. The molecule has 46 valence electrons. The van der Waals surface area contributed by atoms with Gasteiger partial charge in [-0.15, -0.1) is 0 Å². The van der Waals surface area contributed by atoms with Crippen molar-refractivity contribution in [2.24, 2.45) is 0 Å². The van der Waals surface area contributed by atoms with E-state index in [1.807, 2.05) is 6.07 Å². The van der Waals surface area contributed by atoms with E-state index in [1.54, 1.807) is 18.2 Å². The second kappa shape index (κ2) is 6.51. The third-order valence-corrected chi connectivity index (χ3v) is 0.590. The zero-order chi connectivity index (χ0) is 6.95. The summed E-state index contributed by atoms with van der Waals surface area (Å²) in [7, 11) is 0. The van der Waals surface area contributed by atoms with E-state index in [1.165, 1.54) is 12.2 Å². The van der Waals surface area contributed by atoms with E-state index in [0.717, 1.165) is 6.26 Å². The number of hydrogen-bond acceptors (Lipinski definition) is 2. The zero-order valence-electron chi connectivity index (χ0n) is 4.86. The molecule has 0 spiro atoms. The van der Waals surface area contributed by atoms with Crippen LogP contribution in [0.2, 0.25) is 0 Å². The second-order valence-electron chi connectivity index (χ2n) is 1.21. The van der Waals surface area contributed by atoms with Crippen LogP contribution >= 0.6 is 0 Å². The summed E-state index contributed by atoms with van der Waals surface area (Å²) in [6.45, 7) is 0. The van der Waals surface area contributed by atoms with Crippen molar-refractivity contribution >= 4 is 0 Å². The Labute approximate surface area is 54.0 Å². The van der Waals surface area contributed by atoms with E-state index >= 15 is 0 Å². The van der Waals surface area contributed by atoms with Crippen LogP contribution in [0, 0.1) is 11.3 Å². The summed E-state index contributed by atoms with van der Waals surface area (Å²) >= 11 is 0. The van der Waals surface area contributed by atoms with Crippen molar-refractivity contribution in [3.8, 4) is 6.07 Å². The maximum Gasteiger partial charge on any atom is 0.0912 e. The van der Waals surface area contributed by atoms with Gasteiger partial charge in [0.05, 0.1) is 12.3 Å². The fourth-order valence-corrected chi connectivity index (χ4v) is 0.277. The van der Waals surface area contributed by atoms with Crippen LogP contribution in [0.5, 0.6) is 0 Å². The number of aliphatic hydroxyl groups is 1. The maximum atomic E-state index is 8.10. The lowest BCUT2D eigenvalue weighted by atomic mass is 10.4. The number of nitriles is 1. The van der Waals surface area contributed by atoms with Gasteiger partial charge in [-0.3, -0.25) is 0 Å². The summed E-state index contributed by atoms with van der Waals surface area (Å²) in [5.74, 6) is 0. The van der Waals surface area contributed by atoms with Crippen LogP contribution in [0.4, 0.5) is 0 Å².